The van der Waals surface area contributed by atoms with Crippen LogP contribution in [0, 0.1) is 5.41 Å². The van der Waals surface area contributed by atoms with E-state index in [1.807, 2.05) is 27.7 Å². The van der Waals surface area contributed by atoms with Crippen molar-refractivity contribution >= 4 is 25.9 Å². The largest absolute Gasteiger partial charge is 0.378 e. The zero-order chi connectivity index (χ0) is 23.7. The monoisotopic (exact) mass is 492 g/mol. The molecule has 5 atom stereocenters. The van der Waals surface area contributed by atoms with Crippen molar-refractivity contribution in [3.63, 3.8) is 0 Å². The second-order valence-electron chi connectivity index (χ2n) is 8.20. The Hall–Kier alpha value is -1.07. The number of aromatic amines is 1. The zero-order valence-electron chi connectivity index (χ0n) is 19.1. The van der Waals surface area contributed by atoms with Crippen LogP contribution >= 0.6 is 20.8 Å². The van der Waals surface area contributed by atoms with Gasteiger partial charge < -0.3 is 23.3 Å². The molecule has 2 heterocycles. The van der Waals surface area contributed by atoms with Crippen LogP contribution in [0.1, 0.15) is 40.3 Å². The molecule has 2 rings (SSSR count). The Balaban J connectivity index is 1.74. The Morgan fingerprint density at radius 2 is 2.00 bits per heavy atom. The number of carbonyl (C=O) groups excluding carboxylic acids is 1. The lowest BCUT2D eigenvalue weighted by molar-refractivity contribution is -0.117. The highest BCUT2D eigenvalue weighted by Crippen LogP contribution is 2.37. The van der Waals surface area contributed by atoms with Crippen LogP contribution in [-0.4, -0.2) is 65.7 Å². The maximum atomic E-state index is 12.2. The first-order valence-corrected chi connectivity index (χ1v) is 12.3. The molecule has 12 heteroatoms. The molecule has 0 aliphatic carbocycles. The number of nitrogens with zero attached hydrogens (tertiary/aromatic N) is 1. The maximum absolute atomic E-state index is 12.2. The summed E-state index contributed by atoms with van der Waals surface area (Å²) in [7, 11) is 1.26. The molecule has 10 nitrogen and oxygen atoms in total. The lowest BCUT2D eigenvalue weighted by atomic mass is 10.00. The van der Waals surface area contributed by atoms with Crippen molar-refractivity contribution in [3.8, 4) is 0 Å². The van der Waals surface area contributed by atoms with E-state index in [2.05, 4.69) is 4.98 Å². The molecule has 0 spiro atoms. The van der Waals surface area contributed by atoms with Gasteiger partial charge in [0.05, 0.1) is 25.9 Å². The summed E-state index contributed by atoms with van der Waals surface area (Å²) < 4.78 is 29.7. The van der Waals surface area contributed by atoms with Crippen molar-refractivity contribution in [1.29, 1.82) is 0 Å². The molecule has 1 saturated heterocycles. The number of rotatable bonds is 12. The van der Waals surface area contributed by atoms with Gasteiger partial charge in [0.25, 0.3) is 5.56 Å². The Bertz CT molecular complexity index is 840. The minimum Gasteiger partial charge on any atom is -0.378 e. The number of H-pyrrole nitrogens is 1. The van der Waals surface area contributed by atoms with E-state index in [4.69, 9.17) is 23.3 Å². The molecule has 0 amide bonds. The SMILES string of the molecule is CC[C@H]1O[C@@H](n2ccc(=O)[nH]c2=O)[C@@H](OC)C1OPOCCOCCSC(=O)C(C)(C)C. The molecular weight excluding hydrogens is 459 g/mol. The predicted molar refractivity (Wildman–Crippen MR) is 123 cm³/mol. The fourth-order valence-electron chi connectivity index (χ4n) is 3.03. The molecule has 182 valence electrons. The van der Waals surface area contributed by atoms with E-state index in [1.165, 1.54) is 35.7 Å². The zero-order valence-corrected chi connectivity index (χ0v) is 20.9. The Kier molecular flexibility index (Phi) is 11.0. The summed E-state index contributed by atoms with van der Waals surface area (Å²) in [6.07, 6.45) is 0.0316. The lowest BCUT2D eigenvalue weighted by Gasteiger charge is -2.23. The second kappa shape index (κ2) is 13.0. The van der Waals surface area contributed by atoms with Gasteiger partial charge in [-0.25, -0.2) is 4.79 Å². The summed E-state index contributed by atoms with van der Waals surface area (Å²) >= 11 is 1.27. The number of aromatic nitrogens is 2. The van der Waals surface area contributed by atoms with Gasteiger partial charge in [-0.05, 0) is 6.42 Å². The quantitative estimate of drug-likeness (QED) is 0.346. The van der Waals surface area contributed by atoms with Gasteiger partial charge in [0, 0.05) is 30.5 Å². The van der Waals surface area contributed by atoms with E-state index >= 15 is 0 Å². The topological polar surface area (TPSA) is 118 Å². The van der Waals surface area contributed by atoms with Crippen molar-refractivity contribution in [2.45, 2.75) is 58.7 Å². The van der Waals surface area contributed by atoms with Crippen molar-refractivity contribution < 1.29 is 28.1 Å². The minimum absolute atomic E-state index is 0.145. The normalized spacial score (nSPS) is 23.9. The van der Waals surface area contributed by atoms with Crippen LogP contribution in [0.5, 0.6) is 0 Å². The molecule has 1 aromatic heterocycles. The summed E-state index contributed by atoms with van der Waals surface area (Å²) in [6.45, 7) is 8.84. The first-order valence-electron chi connectivity index (χ1n) is 10.5. The van der Waals surface area contributed by atoms with E-state index in [0.29, 0.717) is 32.0 Å². The molecule has 1 fully saturated rings. The highest BCUT2D eigenvalue weighted by molar-refractivity contribution is 8.13. The number of methoxy groups -OCH3 is 1. The van der Waals surface area contributed by atoms with Crippen LogP contribution in [0.4, 0.5) is 0 Å². The van der Waals surface area contributed by atoms with E-state index in [-0.39, 0.29) is 25.7 Å². The van der Waals surface area contributed by atoms with Gasteiger partial charge in [0.2, 0.25) is 0 Å². The molecule has 2 unspecified atom stereocenters. The van der Waals surface area contributed by atoms with Crippen LogP contribution in [-0.2, 0) is 28.1 Å². The fourth-order valence-corrected chi connectivity index (χ4v) is 4.48. The lowest BCUT2D eigenvalue weighted by Crippen LogP contribution is -2.38. The number of ether oxygens (including phenoxy) is 3. The summed E-state index contributed by atoms with van der Waals surface area (Å²) in [5.41, 5.74) is -1.40. The van der Waals surface area contributed by atoms with Gasteiger partial charge in [-0.3, -0.25) is 19.1 Å². The van der Waals surface area contributed by atoms with Gasteiger partial charge in [-0.15, -0.1) is 0 Å². The smallest absolute Gasteiger partial charge is 0.330 e. The van der Waals surface area contributed by atoms with Crippen molar-refractivity contribution in [2.24, 2.45) is 5.41 Å². The predicted octanol–water partition coefficient (Wildman–Crippen LogP) is 2.09. The fraction of sp³-hybridized carbons (Fsp3) is 0.750. The molecule has 1 aromatic rings. The Morgan fingerprint density at radius 3 is 2.62 bits per heavy atom. The van der Waals surface area contributed by atoms with Crippen molar-refractivity contribution in [1.82, 2.24) is 9.55 Å². The van der Waals surface area contributed by atoms with Crippen molar-refractivity contribution in [2.75, 3.05) is 32.7 Å². The van der Waals surface area contributed by atoms with E-state index in [0.717, 1.165) is 0 Å². The highest BCUT2D eigenvalue weighted by Gasteiger charge is 2.46. The van der Waals surface area contributed by atoms with Gasteiger partial charge in [0.1, 0.15) is 12.2 Å². The molecule has 0 aromatic carbocycles. The van der Waals surface area contributed by atoms with Gasteiger partial charge in [-0.1, -0.05) is 39.5 Å². The number of hydrogen-bond donors (Lipinski definition) is 1. The number of hydrogen-bond acceptors (Lipinski definition) is 9. The standard InChI is InChI=1S/C20H33N2O8PS/c1-6-13-15(16(26-5)17(29-13)22-8-7-14(23)21-19(22)25)30-31-28-10-9-27-11-12-32-18(24)20(2,3)4/h7-8,13,15-17,31H,6,9-12H2,1-5H3,(H,21,23,25)/t13-,15?,16+,17-/m1/s1. The van der Waals surface area contributed by atoms with E-state index < -0.39 is 29.7 Å². The van der Waals surface area contributed by atoms with E-state index in [9.17, 15) is 14.4 Å². The van der Waals surface area contributed by atoms with Gasteiger partial charge in [0.15, 0.2) is 20.4 Å². The molecule has 32 heavy (non-hydrogen) atoms. The van der Waals surface area contributed by atoms with Crippen LogP contribution in [0.15, 0.2) is 21.9 Å². The van der Waals surface area contributed by atoms with Crippen molar-refractivity contribution in [3.05, 3.63) is 33.1 Å². The Labute approximate surface area is 193 Å². The third-order valence-electron chi connectivity index (χ3n) is 4.73. The third kappa shape index (κ3) is 7.76. The summed E-state index contributed by atoms with van der Waals surface area (Å²) in [6, 6.07) is 1.26. The molecule has 0 saturated carbocycles. The average molecular weight is 493 g/mol. The molecular formula is C20H33N2O8PS. The van der Waals surface area contributed by atoms with Crippen LogP contribution in [0.2, 0.25) is 0 Å². The maximum Gasteiger partial charge on any atom is 0.330 e. The highest BCUT2D eigenvalue weighted by atomic mass is 32.2. The number of thioether (sulfide) groups is 1. The van der Waals surface area contributed by atoms with E-state index in [1.54, 1.807) is 0 Å². The summed E-state index contributed by atoms with van der Waals surface area (Å²) in [4.78, 5) is 37.5. The van der Waals surface area contributed by atoms with Gasteiger partial charge in [-0.2, -0.15) is 0 Å². The molecule has 1 aliphatic heterocycles. The first kappa shape index (κ1) is 27.2. The molecule has 0 radical (unpaired) electrons. The van der Waals surface area contributed by atoms with Crippen LogP contribution < -0.4 is 11.2 Å². The third-order valence-corrected chi connectivity index (χ3v) is 6.67. The summed E-state index contributed by atoms with van der Waals surface area (Å²) in [5.74, 6) is 0.605. The summed E-state index contributed by atoms with van der Waals surface area (Å²) in [5, 5.41) is 0.145. The second-order valence-corrected chi connectivity index (χ2v) is 9.96. The molecule has 1 N–H and O–H groups in total. The number of carbonyl (C=O) groups is 1. The first-order chi connectivity index (χ1) is 15.2. The van der Waals surface area contributed by atoms with Crippen LogP contribution in [0.25, 0.3) is 0 Å². The Morgan fingerprint density at radius 1 is 1.25 bits per heavy atom. The number of nitrogens with one attached hydrogen (secondary N) is 1. The van der Waals surface area contributed by atoms with Gasteiger partial charge >= 0.3 is 5.69 Å². The molecule has 0 bridgehead atoms. The van der Waals surface area contributed by atoms with Crippen LogP contribution in [0.3, 0.4) is 0 Å². The average Bonchev–Trinajstić information content (AvgIpc) is 3.08. The molecule has 1 aliphatic rings. The minimum atomic E-state index is -0.722.